The molecule has 0 aliphatic heterocycles. The fourth-order valence-corrected chi connectivity index (χ4v) is 1.90. The number of rotatable bonds is 2. The maximum absolute atomic E-state index is 13.1. The summed E-state index contributed by atoms with van der Waals surface area (Å²) in [4.78, 5) is 0.755. The van der Waals surface area contributed by atoms with Gasteiger partial charge < -0.3 is 0 Å². The molecule has 0 N–H and O–H groups in total. The molecule has 0 nitrogen and oxygen atoms in total. The SMILES string of the molecule is Cc1ccc(F)c(SC(C)C)c1. The zero-order chi connectivity index (χ0) is 9.14. The van der Waals surface area contributed by atoms with Crippen LogP contribution >= 0.6 is 11.8 Å². The van der Waals surface area contributed by atoms with Gasteiger partial charge in [-0.1, -0.05) is 19.9 Å². The Morgan fingerprint density at radius 2 is 2.00 bits per heavy atom. The maximum Gasteiger partial charge on any atom is 0.136 e. The molecule has 0 atom stereocenters. The molecule has 0 aliphatic rings. The van der Waals surface area contributed by atoms with Crippen LogP contribution in [0.4, 0.5) is 4.39 Å². The lowest BCUT2D eigenvalue weighted by Gasteiger charge is -2.06. The molecule has 66 valence electrons. The molecule has 1 rings (SSSR count). The second-order valence-corrected chi connectivity index (χ2v) is 4.72. The average Bonchev–Trinajstić information content (AvgIpc) is 1.96. The molecule has 0 saturated heterocycles. The van der Waals surface area contributed by atoms with E-state index in [1.807, 2.05) is 13.0 Å². The molecule has 0 spiro atoms. The van der Waals surface area contributed by atoms with Crippen LogP contribution in [0.1, 0.15) is 19.4 Å². The molecular weight excluding hydrogens is 171 g/mol. The van der Waals surface area contributed by atoms with Crippen LogP contribution in [-0.2, 0) is 0 Å². The van der Waals surface area contributed by atoms with Gasteiger partial charge in [-0.05, 0) is 24.6 Å². The normalized spacial score (nSPS) is 10.8. The Morgan fingerprint density at radius 3 is 2.58 bits per heavy atom. The van der Waals surface area contributed by atoms with Crippen LogP contribution in [0.3, 0.4) is 0 Å². The summed E-state index contributed by atoms with van der Waals surface area (Å²) in [7, 11) is 0. The summed E-state index contributed by atoms with van der Waals surface area (Å²) >= 11 is 1.56. The van der Waals surface area contributed by atoms with Gasteiger partial charge in [0.05, 0.1) is 0 Å². The quantitative estimate of drug-likeness (QED) is 0.632. The zero-order valence-electron chi connectivity index (χ0n) is 7.60. The van der Waals surface area contributed by atoms with Crippen molar-refractivity contribution < 1.29 is 4.39 Å². The van der Waals surface area contributed by atoms with E-state index in [1.54, 1.807) is 17.8 Å². The predicted octanol–water partition coefficient (Wildman–Crippen LogP) is 3.63. The fourth-order valence-electron chi connectivity index (χ4n) is 0.955. The van der Waals surface area contributed by atoms with Crippen molar-refractivity contribution in [1.29, 1.82) is 0 Å². The minimum Gasteiger partial charge on any atom is -0.206 e. The monoisotopic (exact) mass is 184 g/mol. The van der Waals surface area contributed by atoms with Gasteiger partial charge in [0.2, 0.25) is 0 Å². The zero-order valence-corrected chi connectivity index (χ0v) is 8.41. The summed E-state index contributed by atoms with van der Waals surface area (Å²) in [5.74, 6) is -0.112. The van der Waals surface area contributed by atoms with E-state index < -0.39 is 0 Å². The Morgan fingerprint density at radius 1 is 1.33 bits per heavy atom. The van der Waals surface area contributed by atoms with Crippen LogP contribution in [0.25, 0.3) is 0 Å². The van der Waals surface area contributed by atoms with Crippen molar-refractivity contribution in [2.45, 2.75) is 30.9 Å². The van der Waals surface area contributed by atoms with E-state index in [0.717, 1.165) is 10.5 Å². The van der Waals surface area contributed by atoms with Crippen LogP contribution in [-0.4, -0.2) is 5.25 Å². The third kappa shape index (κ3) is 2.52. The smallest absolute Gasteiger partial charge is 0.136 e. The van der Waals surface area contributed by atoms with Crippen molar-refractivity contribution in [2.75, 3.05) is 0 Å². The molecule has 2 heteroatoms. The molecule has 1 aromatic carbocycles. The third-order valence-corrected chi connectivity index (χ3v) is 2.49. The number of thioether (sulfide) groups is 1. The van der Waals surface area contributed by atoms with Gasteiger partial charge in [0.25, 0.3) is 0 Å². The first kappa shape index (κ1) is 9.59. The molecule has 0 bridgehead atoms. The van der Waals surface area contributed by atoms with Crippen LogP contribution < -0.4 is 0 Å². The van der Waals surface area contributed by atoms with Crippen molar-refractivity contribution >= 4 is 11.8 Å². The van der Waals surface area contributed by atoms with Crippen molar-refractivity contribution in [3.05, 3.63) is 29.6 Å². The summed E-state index contributed by atoms with van der Waals surface area (Å²) in [6, 6.07) is 5.21. The highest BCUT2D eigenvalue weighted by atomic mass is 32.2. The molecule has 0 amide bonds. The van der Waals surface area contributed by atoms with E-state index >= 15 is 0 Å². The number of benzene rings is 1. The van der Waals surface area contributed by atoms with Crippen LogP contribution in [0.5, 0.6) is 0 Å². The molecule has 12 heavy (non-hydrogen) atoms. The lowest BCUT2D eigenvalue weighted by atomic mass is 10.2. The molecule has 0 fully saturated rings. The highest BCUT2D eigenvalue weighted by Gasteiger charge is 2.04. The van der Waals surface area contributed by atoms with Gasteiger partial charge in [0.1, 0.15) is 5.82 Å². The summed E-state index contributed by atoms with van der Waals surface area (Å²) in [5.41, 5.74) is 1.11. The number of hydrogen-bond acceptors (Lipinski definition) is 1. The van der Waals surface area contributed by atoms with Gasteiger partial charge in [-0.15, -0.1) is 11.8 Å². The summed E-state index contributed by atoms with van der Waals surface area (Å²) in [6.45, 7) is 6.10. The largest absolute Gasteiger partial charge is 0.206 e. The Hall–Kier alpha value is -0.500. The third-order valence-electron chi connectivity index (χ3n) is 1.45. The second kappa shape index (κ2) is 3.94. The first-order chi connectivity index (χ1) is 5.59. The van der Waals surface area contributed by atoms with Gasteiger partial charge in [0.15, 0.2) is 0 Å². The molecule has 0 heterocycles. The number of hydrogen-bond donors (Lipinski definition) is 0. The molecule has 0 aliphatic carbocycles. The van der Waals surface area contributed by atoms with Crippen LogP contribution in [0, 0.1) is 12.7 Å². The topological polar surface area (TPSA) is 0 Å². The van der Waals surface area contributed by atoms with Crippen molar-refractivity contribution in [1.82, 2.24) is 0 Å². The Kier molecular flexibility index (Phi) is 3.15. The summed E-state index contributed by atoms with van der Waals surface area (Å²) in [5, 5.41) is 0.432. The first-order valence-corrected chi connectivity index (χ1v) is 4.90. The van der Waals surface area contributed by atoms with Crippen molar-refractivity contribution in [2.24, 2.45) is 0 Å². The van der Waals surface area contributed by atoms with E-state index in [-0.39, 0.29) is 5.82 Å². The first-order valence-electron chi connectivity index (χ1n) is 4.02. The molecule has 0 aromatic heterocycles. The van der Waals surface area contributed by atoms with Crippen LogP contribution in [0.15, 0.2) is 23.1 Å². The van der Waals surface area contributed by atoms with Gasteiger partial charge in [0, 0.05) is 10.1 Å². The maximum atomic E-state index is 13.1. The minimum atomic E-state index is -0.112. The van der Waals surface area contributed by atoms with E-state index in [4.69, 9.17) is 0 Å². The van der Waals surface area contributed by atoms with Gasteiger partial charge in [-0.3, -0.25) is 0 Å². The Labute approximate surface area is 77.2 Å². The molecule has 1 aromatic rings. The predicted molar refractivity (Wildman–Crippen MR) is 52.1 cm³/mol. The minimum absolute atomic E-state index is 0.112. The summed E-state index contributed by atoms with van der Waals surface area (Å²) in [6.07, 6.45) is 0. The highest BCUT2D eigenvalue weighted by molar-refractivity contribution is 7.99. The highest BCUT2D eigenvalue weighted by Crippen LogP contribution is 2.26. The molecular formula is C10H13FS. The van der Waals surface area contributed by atoms with Crippen LogP contribution in [0.2, 0.25) is 0 Å². The van der Waals surface area contributed by atoms with E-state index in [9.17, 15) is 4.39 Å². The van der Waals surface area contributed by atoms with E-state index in [1.165, 1.54) is 6.07 Å². The molecule has 0 unspecified atom stereocenters. The Bertz CT molecular complexity index is 269. The average molecular weight is 184 g/mol. The van der Waals surface area contributed by atoms with Crippen molar-refractivity contribution in [3.8, 4) is 0 Å². The van der Waals surface area contributed by atoms with E-state index in [0.29, 0.717) is 5.25 Å². The molecule has 0 radical (unpaired) electrons. The van der Waals surface area contributed by atoms with E-state index in [2.05, 4.69) is 13.8 Å². The van der Waals surface area contributed by atoms with Gasteiger partial charge >= 0.3 is 0 Å². The number of aryl methyl sites for hydroxylation is 1. The van der Waals surface area contributed by atoms with Gasteiger partial charge in [-0.25, -0.2) is 4.39 Å². The summed E-state index contributed by atoms with van der Waals surface area (Å²) < 4.78 is 13.1. The second-order valence-electron chi connectivity index (χ2n) is 3.10. The lowest BCUT2D eigenvalue weighted by molar-refractivity contribution is 0.601. The standard InChI is InChI=1S/C10H13FS/c1-7(2)12-10-6-8(3)4-5-9(10)11/h4-7H,1-3H3. The molecule has 0 saturated carbocycles. The Balaban J connectivity index is 2.90. The van der Waals surface area contributed by atoms with Crippen molar-refractivity contribution in [3.63, 3.8) is 0 Å². The lowest BCUT2D eigenvalue weighted by Crippen LogP contribution is -1.89. The fraction of sp³-hybridized carbons (Fsp3) is 0.400. The number of halogens is 1. The van der Waals surface area contributed by atoms with Gasteiger partial charge in [-0.2, -0.15) is 0 Å².